The maximum absolute atomic E-state index is 12.0. The summed E-state index contributed by atoms with van der Waals surface area (Å²) in [4.78, 5) is 26.3. The quantitative estimate of drug-likeness (QED) is 0.808. The van der Waals surface area contributed by atoms with E-state index in [1.165, 1.54) is 4.90 Å². The predicted molar refractivity (Wildman–Crippen MR) is 82.9 cm³/mol. The summed E-state index contributed by atoms with van der Waals surface area (Å²) in [6.07, 6.45) is 2.87. The van der Waals surface area contributed by atoms with Crippen molar-refractivity contribution in [2.24, 2.45) is 11.8 Å². The van der Waals surface area contributed by atoms with Gasteiger partial charge in [-0.3, -0.25) is 0 Å². The number of carboxylic acid groups (broad SMARTS) is 1. The highest BCUT2D eigenvalue weighted by Gasteiger charge is 2.33. The van der Waals surface area contributed by atoms with Crippen LogP contribution in [0.3, 0.4) is 0 Å². The minimum absolute atomic E-state index is 0.216. The predicted octanol–water partition coefficient (Wildman–Crippen LogP) is 3.02. The number of hydrogen-bond donors (Lipinski definition) is 1. The van der Waals surface area contributed by atoms with Crippen LogP contribution in [0.15, 0.2) is 0 Å². The lowest BCUT2D eigenvalue weighted by Gasteiger charge is -2.39. The molecular formula is C16H28N2O4. The molecule has 6 heteroatoms. The molecule has 0 bridgehead atoms. The van der Waals surface area contributed by atoms with E-state index in [1.54, 1.807) is 4.90 Å². The highest BCUT2D eigenvalue weighted by atomic mass is 16.6. The van der Waals surface area contributed by atoms with E-state index >= 15 is 0 Å². The van der Waals surface area contributed by atoms with Crippen molar-refractivity contribution in [3.8, 4) is 0 Å². The van der Waals surface area contributed by atoms with Gasteiger partial charge in [-0.15, -0.1) is 0 Å². The van der Waals surface area contributed by atoms with E-state index < -0.39 is 11.7 Å². The van der Waals surface area contributed by atoms with Crippen molar-refractivity contribution in [2.45, 2.75) is 52.1 Å². The van der Waals surface area contributed by atoms with Gasteiger partial charge in [0.2, 0.25) is 0 Å². The van der Waals surface area contributed by atoms with Gasteiger partial charge in [-0.05, 0) is 58.3 Å². The number of amides is 2. The van der Waals surface area contributed by atoms with Gasteiger partial charge in [-0.2, -0.15) is 0 Å². The Bertz CT molecular complexity index is 403. The first-order valence-electron chi connectivity index (χ1n) is 8.22. The van der Waals surface area contributed by atoms with Crippen LogP contribution in [0.25, 0.3) is 0 Å². The van der Waals surface area contributed by atoms with Gasteiger partial charge in [-0.25, -0.2) is 9.59 Å². The number of hydrogen-bond acceptors (Lipinski definition) is 3. The van der Waals surface area contributed by atoms with Gasteiger partial charge in [0.15, 0.2) is 0 Å². The van der Waals surface area contributed by atoms with Crippen molar-refractivity contribution in [2.75, 3.05) is 26.2 Å². The van der Waals surface area contributed by atoms with Crippen LogP contribution < -0.4 is 0 Å². The van der Waals surface area contributed by atoms with Gasteiger partial charge in [-0.1, -0.05) is 0 Å². The SMILES string of the molecule is CC(C)(C)OC(=O)N1CCC(C2CCN(C(=O)O)CC2)CC1. The Morgan fingerprint density at radius 3 is 1.68 bits per heavy atom. The topological polar surface area (TPSA) is 70.1 Å². The molecule has 0 aromatic carbocycles. The fourth-order valence-corrected chi connectivity index (χ4v) is 3.44. The molecule has 2 heterocycles. The standard InChI is InChI=1S/C16H28N2O4/c1-16(2,3)22-15(21)18-10-6-13(7-11-18)12-4-8-17(9-5-12)14(19)20/h12-13H,4-11H2,1-3H3,(H,19,20). The van der Waals surface area contributed by atoms with Gasteiger partial charge >= 0.3 is 12.2 Å². The molecule has 0 unspecified atom stereocenters. The molecule has 0 aliphatic carbocycles. The zero-order chi connectivity index (χ0) is 16.3. The first kappa shape index (κ1) is 16.9. The Balaban J connectivity index is 1.76. The lowest BCUT2D eigenvalue weighted by atomic mass is 9.79. The van der Waals surface area contributed by atoms with E-state index in [4.69, 9.17) is 9.84 Å². The third-order valence-electron chi connectivity index (χ3n) is 4.67. The van der Waals surface area contributed by atoms with Crippen LogP contribution in [-0.4, -0.2) is 58.9 Å². The average molecular weight is 312 g/mol. The summed E-state index contributed by atoms with van der Waals surface area (Å²) >= 11 is 0. The summed E-state index contributed by atoms with van der Waals surface area (Å²) in [5.74, 6) is 1.20. The molecule has 2 fully saturated rings. The number of rotatable bonds is 1. The lowest BCUT2D eigenvalue weighted by molar-refractivity contribution is 0.0136. The Labute approximate surface area is 132 Å². The largest absolute Gasteiger partial charge is 0.465 e. The second-order valence-electron chi connectivity index (χ2n) is 7.41. The fraction of sp³-hybridized carbons (Fsp3) is 0.875. The molecule has 22 heavy (non-hydrogen) atoms. The summed E-state index contributed by atoms with van der Waals surface area (Å²) in [7, 11) is 0. The zero-order valence-corrected chi connectivity index (χ0v) is 13.9. The molecule has 126 valence electrons. The van der Waals surface area contributed by atoms with Crippen molar-refractivity contribution in [1.29, 1.82) is 0 Å². The molecular weight excluding hydrogens is 284 g/mol. The number of piperidine rings is 2. The molecule has 0 atom stereocenters. The summed E-state index contributed by atoms with van der Waals surface area (Å²) in [5.41, 5.74) is -0.447. The van der Waals surface area contributed by atoms with Gasteiger partial charge in [0.25, 0.3) is 0 Å². The molecule has 0 spiro atoms. The minimum atomic E-state index is -0.807. The highest BCUT2D eigenvalue weighted by Crippen LogP contribution is 2.32. The third kappa shape index (κ3) is 4.52. The maximum Gasteiger partial charge on any atom is 0.410 e. The van der Waals surface area contributed by atoms with E-state index in [0.29, 0.717) is 24.9 Å². The molecule has 1 N–H and O–H groups in total. The molecule has 2 rings (SSSR count). The maximum atomic E-state index is 12.0. The van der Waals surface area contributed by atoms with Crippen LogP contribution in [-0.2, 0) is 4.74 Å². The average Bonchev–Trinajstić information content (AvgIpc) is 2.46. The van der Waals surface area contributed by atoms with Crippen LogP contribution in [0.5, 0.6) is 0 Å². The number of nitrogens with zero attached hydrogens (tertiary/aromatic N) is 2. The Morgan fingerprint density at radius 2 is 1.32 bits per heavy atom. The van der Waals surface area contributed by atoms with Gasteiger partial charge in [0.1, 0.15) is 5.60 Å². The van der Waals surface area contributed by atoms with Crippen LogP contribution in [0.2, 0.25) is 0 Å². The first-order valence-corrected chi connectivity index (χ1v) is 8.22. The number of carbonyl (C=O) groups is 2. The lowest BCUT2D eigenvalue weighted by Crippen LogP contribution is -2.45. The number of ether oxygens (including phenoxy) is 1. The molecule has 6 nitrogen and oxygen atoms in total. The molecule has 2 aliphatic rings. The molecule has 0 radical (unpaired) electrons. The smallest absolute Gasteiger partial charge is 0.410 e. The van der Waals surface area contributed by atoms with E-state index in [0.717, 1.165) is 38.8 Å². The minimum Gasteiger partial charge on any atom is -0.465 e. The first-order chi connectivity index (χ1) is 10.3. The number of likely N-dealkylation sites (tertiary alicyclic amines) is 2. The summed E-state index contributed by atoms with van der Waals surface area (Å²) in [6, 6.07) is 0. The second kappa shape index (κ2) is 6.75. The second-order valence-corrected chi connectivity index (χ2v) is 7.41. The zero-order valence-electron chi connectivity index (χ0n) is 13.9. The fourth-order valence-electron chi connectivity index (χ4n) is 3.44. The van der Waals surface area contributed by atoms with Crippen molar-refractivity contribution in [3.05, 3.63) is 0 Å². The molecule has 2 aliphatic heterocycles. The van der Waals surface area contributed by atoms with E-state index in [1.807, 2.05) is 20.8 Å². The normalized spacial score (nSPS) is 21.8. The summed E-state index contributed by atoms with van der Waals surface area (Å²) < 4.78 is 5.41. The van der Waals surface area contributed by atoms with Crippen molar-refractivity contribution < 1.29 is 19.4 Å². The van der Waals surface area contributed by atoms with Crippen molar-refractivity contribution in [1.82, 2.24) is 9.80 Å². The molecule has 0 aromatic heterocycles. The van der Waals surface area contributed by atoms with Crippen LogP contribution in [0.4, 0.5) is 9.59 Å². The Kier molecular flexibility index (Phi) is 5.19. The van der Waals surface area contributed by atoms with Crippen molar-refractivity contribution in [3.63, 3.8) is 0 Å². The number of carbonyl (C=O) groups excluding carboxylic acids is 1. The Hall–Kier alpha value is -1.46. The van der Waals surface area contributed by atoms with E-state index in [2.05, 4.69) is 0 Å². The summed E-state index contributed by atoms with van der Waals surface area (Å²) in [5, 5.41) is 8.99. The van der Waals surface area contributed by atoms with Crippen LogP contribution in [0, 0.1) is 11.8 Å². The van der Waals surface area contributed by atoms with Gasteiger partial charge in [0.05, 0.1) is 0 Å². The molecule has 0 aromatic rings. The van der Waals surface area contributed by atoms with E-state index in [9.17, 15) is 9.59 Å². The molecule has 0 saturated carbocycles. The van der Waals surface area contributed by atoms with Gasteiger partial charge < -0.3 is 19.6 Å². The van der Waals surface area contributed by atoms with E-state index in [-0.39, 0.29) is 6.09 Å². The monoisotopic (exact) mass is 312 g/mol. The highest BCUT2D eigenvalue weighted by molar-refractivity contribution is 5.68. The van der Waals surface area contributed by atoms with Crippen molar-refractivity contribution >= 4 is 12.2 Å². The van der Waals surface area contributed by atoms with Gasteiger partial charge in [0, 0.05) is 26.2 Å². The Morgan fingerprint density at radius 1 is 0.909 bits per heavy atom. The van der Waals surface area contributed by atoms with Crippen LogP contribution >= 0.6 is 0 Å². The summed E-state index contributed by atoms with van der Waals surface area (Å²) in [6.45, 7) is 8.44. The third-order valence-corrected chi connectivity index (χ3v) is 4.67. The molecule has 2 amide bonds. The molecule has 2 saturated heterocycles. The van der Waals surface area contributed by atoms with Crippen LogP contribution in [0.1, 0.15) is 46.5 Å².